The number of anilines is 1. The van der Waals surface area contributed by atoms with E-state index in [1.807, 2.05) is 6.92 Å². The van der Waals surface area contributed by atoms with E-state index in [-0.39, 0.29) is 28.3 Å². The van der Waals surface area contributed by atoms with Crippen LogP contribution in [0.5, 0.6) is 5.75 Å². The van der Waals surface area contributed by atoms with Gasteiger partial charge < -0.3 is 9.15 Å². The summed E-state index contributed by atoms with van der Waals surface area (Å²) in [4.78, 5) is 36.1. The third-order valence-electron chi connectivity index (χ3n) is 4.89. The second kappa shape index (κ2) is 8.20. The first-order valence-corrected chi connectivity index (χ1v) is 9.72. The molecule has 2 amide bonds. The maximum Gasteiger partial charge on any atom is 0.284 e. The molecule has 0 saturated carbocycles. The largest absolute Gasteiger partial charge is 0.497 e. The molecule has 1 aliphatic heterocycles. The number of ether oxygens (including phenoxy) is 1. The van der Waals surface area contributed by atoms with Crippen molar-refractivity contribution in [2.24, 2.45) is 0 Å². The molecule has 1 N–H and O–H groups in total. The van der Waals surface area contributed by atoms with Crippen molar-refractivity contribution in [2.75, 3.05) is 12.1 Å². The summed E-state index contributed by atoms with van der Waals surface area (Å²) in [6, 6.07) is 12.4. The highest BCUT2D eigenvalue weighted by molar-refractivity contribution is 6.33. The second-order valence-electron chi connectivity index (χ2n) is 6.92. The number of hydrazine groups is 1. The van der Waals surface area contributed by atoms with E-state index in [1.165, 1.54) is 37.5 Å². The maximum absolute atomic E-state index is 12.8. The standard InChI is InChI=1S/C22H16ClN3O6/c1-12-3-4-13(9-18(12)23)25-22(28)17(21(27)24-25)10-15-6-8-20(32-15)16-7-5-14(31-2)11-19(16)26(29)30/h3-11H,1-2H3,(H,24,27). The summed E-state index contributed by atoms with van der Waals surface area (Å²) < 4.78 is 10.7. The quantitative estimate of drug-likeness (QED) is 0.267. The van der Waals surface area contributed by atoms with Crippen LogP contribution in [0.4, 0.5) is 11.4 Å². The molecule has 3 aromatic rings. The van der Waals surface area contributed by atoms with Gasteiger partial charge in [0.25, 0.3) is 17.5 Å². The van der Waals surface area contributed by atoms with Crippen molar-refractivity contribution in [1.82, 2.24) is 5.43 Å². The van der Waals surface area contributed by atoms with Gasteiger partial charge in [-0.3, -0.25) is 25.1 Å². The number of nitro groups is 1. The smallest absolute Gasteiger partial charge is 0.284 e. The van der Waals surface area contributed by atoms with Crippen LogP contribution in [0.2, 0.25) is 5.02 Å². The molecule has 9 nitrogen and oxygen atoms in total. The van der Waals surface area contributed by atoms with Gasteiger partial charge in [0.2, 0.25) is 0 Å². The van der Waals surface area contributed by atoms with Crippen molar-refractivity contribution >= 4 is 40.9 Å². The highest BCUT2D eigenvalue weighted by Crippen LogP contribution is 2.35. The lowest BCUT2D eigenvalue weighted by atomic mass is 10.1. The van der Waals surface area contributed by atoms with Crippen molar-refractivity contribution in [3.8, 4) is 17.1 Å². The molecule has 1 aromatic heterocycles. The van der Waals surface area contributed by atoms with Crippen LogP contribution in [0.1, 0.15) is 11.3 Å². The Morgan fingerprint density at radius 1 is 1.16 bits per heavy atom. The topological polar surface area (TPSA) is 115 Å². The molecule has 32 heavy (non-hydrogen) atoms. The molecule has 0 bridgehead atoms. The number of amides is 2. The number of hydrogen-bond acceptors (Lipinski definition) is 6. The number of nitrogens with one attached hydrogen (secondary N) is 1. The molecule has 4 rings (SSSR count). The normalized spacial score (nSPS) is 14.7. The number of benzene rings is 2. The Hall–Kier alpha value is -4.11. The van der Waals surface area contributed by atoms with Gasteiger partial charge in [-0.15, -0.1) is 0 Å². The minimum Gasteiger partial charge on any atom is -0.497 e. The number of carbonyl (C=O) groups excluding carboxylic acids is 2. The number of rotatable bonds is 5. The van der Waals surface area contributed by atoms with Gasteiger partial charge in [0.1, 0.15) is 22.8 Å². The summed E-state index contributed by atoms with van der Waals surface area (Å²) >= 11 is 6.12. The summed E-state index contributed by atoms with van der Waals surface area (Å²) in [7, 11) is 1.41. The van der Waals surface area contributed by atoms with E-state index in [2.05, 4.69) is 5.43 Å². The van der Waals surface area contributed by atoms with Crippen molar-refractivity contribution in [1.29, 1.82) is 0 Å². The lowest BCUT2D eigenvalue weighted by molar-refractivity contribution is -0.384. The Balaban J connectivity index is 1.65. The molecule has 10 heteroatoms. The average molecular weight is 454 g/mol. The monoisotopic (exact) mass is 453 g/mol. The summed E-state index contributed by atoms with van der Waals surface area (Å²) in [5.74, 6) is -0.464. The second-order valence-corrected chi connectivity index (χ2v) is 7.32. The molecule has 1 fully saturated rings. The van der Waals surface area contributed by atoms with Crippen LogP contribution in [0.15, 0.2) is 58.5 Å². The van der Waals surface area contributed by atoms with E-state index >= 15 is 0 Å². The average Bonchev–Trinajstić information content (AvgIpc) is 3.35. The van der Waals surface area contributed by atoms with Gasteiger partial charge in [0, 0.05) is 5.02 Å². The Morgan fingerprint density at radius 2 is 1.94 bits per heavy atom. The van der Waals surface area contributed by atoms with Crippen molar-refractivity contribution in [2.45, 2.75) is 6.92 Å². The Kier molecular flexibility index (Phi) is 5.41. The van der Waals surface area contributed by atoms with E-state index < -0.39 is 16.7 Å². The minimum atomic E-state index is -0.611. The van der Waals surface area contributed by atoms with E-state index in [9.17, 15) is 19.7 Å². The van der Waals surface area contributed by atoms with Crippen molar-refractivity contribution in [3.05, 3.63) is 80.6 Å². The molecular weight excluding hydrogens is 438 g/mol. The fourth-order valence-electron chi connectivity index (χ4n) is 3.18. The van der Waals surface area contributed by atoms with Crippen LogP contribution in [-0.2, 0) is 9.59 Å². The molecule has 2 aromatic carbocycles. The summed E-state index contributed by atoms with van der Waals surface area (Å²) in [5.41, 5.74) is 3.62. The Bertz CT molecular complexity index is 1300. The van der Waals surface area contributed by atoms with E-state index in [1.54, 1.807) is 24.3 Å². The van der Waals surface area contributed by atoms with Gasteiger partial charge in [0.15, 0.2) is 0 Å². The van der Waals surface area contributed by atoms with Crippen LogP contribution >= 0.6 is 11.6 Å². The third-order valence-corrected chi connectivity index (χ3v) is 5.29. The fourth-order valence-corrected chi connectivity index (χ4v) is 3.35. The summed E-state index contributed by atoms with van der Waals surface area (Å²) in [6.07, 6.45) is 1.28. The number of methoxy groups -OCH3 is 1. The Morgan fingerprint density at radius 3 is 2.62 bits per heavy atom. The van der Waals surface area contributed by atoms with E-state index in [0.29, 0.717) is 16.5 Å². The summed E-state index contributed by atoms with van der Waals surface area (Å²) in [6.45, 7) is 1.82. The lowest BCUT2D eigenvalue weighted by Gasteiger charge is -2.15. The number of aryl methyl sites for hydroxylation is 1. The fraction of sp³-hybridized carbons (Fsp3) is 0.0909. The first kappa shape index (κ1) is 21.1. The van der Waals surface area contributed by atoms with Crippen LogP contribution < -0.4 is 15.2 Å². The predicted octanol–water partition coefficient (Wildman–Crippen LogP) is 4.29. The third kappa shape index (κ3) is 3.81. The lowest BCUT2D eigenvalue weighted by Crippen LogP contribution is -2.35. The van der Waals surface area contributed by atoms with Crippen molar-refractivity contribution in [3.63, 3.8) is 0 Å². The number of nitro benzene ring substituents is 1. The zero-order chi connectivity index (χ0) is 23.0. The molecule has 0 atom stereocenters. The number of nitrogens with zero attached hydrogens (tertiary/aromatic N) is 2. The first-order chi connectivity index (χ1) is 15.3. The van der Waals surface area contributed by atoms with Crippen LogP contribution in [0, 0.1) is 17.0 Å². The molecule has 0 radical (unpaired) electrons. The highest BCUT2D eigenvalue weighted by Gasteiger charge is 2.35. The Labute approximate surface area is 187 Å². The van der Waals surface area contributed by atoms with Crippen LogP contribution in [-0.4, -0.2) is 23.8 Å². The van der Waals surface area contributed by atoms with Crippen LogP contribution in [0.3, 0.4) is 0 Å². The molecule has 162 valence electrons. The summed E-state index contributed by atoms with van der Waals surface area (Å²) in [5, 5.41) is 13.0. The number of halogens is 1. The van der Waals surface area contributed by atoms with Gasteiger partial charge in [0.05, 0.1) is 29.4 Å². The molecule has 2 heterocycles. The van der Waals surface area contributed by atoms with Crippen LogP contribution in [0.25, 0.3) is 17.4 Å². The molecular formula is C22H16ClN3O6. The van der Waals surface area contributed by atoms with Gasteiger partial charge in [-0.1, -0.05) is 17.7 Å². The first-order valence-electron chi connectivity index (χ1n) is 9.34. The zero-order valence-corrected chi connectivity index (χ0v) is 17.7. The minimum absolute atomic E-state index is 0.146. The molecule has 0 unspecified atom stereocenters. The maximum atomic E-state index is 12.8. The predicted molar refractivity (Wildman–Crippen MR) is 117 cm³/mol. The number of furan rings is 1. The van der Waals surface area contributed by atoms with Gasteiger partial charge in [-0.05, 0) is 55.0 Å². The molecule has 0 spiro atoms. The van der Waals surface area contributed by atoms with Gasteiger partial charge in [-0.25, -0.2) is 5.01 Å². The SMILES string of the molecule is COc1ccc(-c2ccc(C=C3C(=O)NN(c4ccc(C)c(Cl)c4)C3=O)o2)c([N+](=O)[O-])c1. The molecule has 1 saturated heterocycles. The highest BCUT2D eigenvalue weighted by atomic mass is 35.5. The van der Waals surface area contributed by atoms with E-state index in [0.717, 1.165) is 10.6 Å². The van der Waals surface area contributed by atoms with E-state index in [4.69, 9.17) is 20.8 Å². The molecule has 1 aliphatic rings. The van der Waals surface area contributed by atoms with Gasteiger partial charge in [-0.2, -0.15) is 0 Å². The number of carbonyl (C=O) groups is 2. The molecule has 0 aliphatic carbocycles. The zero-order valence-electron chi connectivity index (χ0n) is 16.9. The van der Waals surface area contributed by atoms with Gasteiger partial charge >= 0.3 is 0 Å². The van der Waals surface area contributed by atoms with Crippen molar-refractivity contribution < 1.29 is 23.7 Å². The number of hydrogen-bond donors (Lipinski definition) is 1.